The fraction of sp³-hybridized carbons (Fsp3) is 0.321. The van der Waals surface area contributed by atoms with Crippen molar-refractivity contribution in [2.24, 2.45) is 0 Å². The van der Waals surface area contributed by atoms with E-state index in [0.29, 0.717) is 36.7 Å². The Morgan fingerprint density at radius 1 is 1.00 bits per heavy atom. The molecule has 1 atom stereocenters. The fourth-order valence-corrected chi connectivity index (χ4v) is 3.47. The molecule has 1 N–H and O–H groups in total. The molecule has 0 radical (unpaired) electrons. The molecular formula is C28H30F2O5. The first-order chi connectivity index (χ1) is 16.6. The summed E-state index contributed by atoms with van der Waals surface area (Å²) in [5.74, 6) is -2.03. The van der Waals surface area contributed by atoms with Gasteiger partial charge in [0.05, 0.1) is 12.7 Å². The second-order valence-corrected chi connectivity index (χ2v) is 8.51. The molecular weight excluding hydrogens is 454 g/mol. The van der Waals surface area contributed by atoms with Gasteiger partial charge in [0.15, 0.2) is 11.5 Å². The highest BCUT2D eigenvalue weighted by molar-refractivity contribution is 5.67. The second kappa shape index (κ2) is 11.7. The zero-order chi connectivity index (χ0) is 25.4. The number of hydrogen-bond acceptors (Lipinski definition) is 4. The lowest BCUT2D eigenvalue weighted by molar-refractivity contribution is -0.136. The van der Waals surface area contributed by atoms with Crippen LogP contribution in [0.4, 0.5) is 8.78 Å². The van der Waals surface area contributed by atoms with Crippen molar-refractivity contribution in [1.29, 1.82) is 0 Å². The maximum atomic E-state index is 13.9. The molecule has 7 heteroatoms. The van der Waals surface area contributed by atoms with Crippen molar-refractivity contribution in [2.75, 3.05) is 6.61 Å². The number of ether oxygens (including phenoxy) is 3. The minimum absolute atomic E-state index is 0.0861. The number of aliphatic carboxylic acids is 1. The van der Waals surface area contributed by atoms with Crippen LogP contribution in [0.25, 0.3) is 0 Å². The molecule has 3 aromatic rings. The van der Waals surface area contributed by atoms with Crippen LogP contribution in [-0.2, 0) is 17.1 Å². The van der Waals surface area contributed by atoms with Crippen LogP contribution in [0, 0.1) is 6.92 Å². The van der Waals surface area contributed by atoms with Crippen LogP contribution < -0.4 is 14.2 Å². The maximum Gasteiger partial charge on any atom is 0.303 e. The summed E-state index contributed by atoms with van der Waals surface area (Å²) < 4.78 is 45.5. The van der Waals surface area contributed by atoms with Crippen molar-refractivity contribution in [3.8, 4) is 23.0 Å². The Morgan fingerprint density at radius 3 is 2.40 bits per heavy atom. The van der Waals surface area contributed by atoms with E-state index in [1.165, 1.54) is 18.2 Å². The van der Waals surface area contributed by atoms with Crippen LogP contribution in [0.1, 0.15) is 43.4 Å². The Balaban J connectivity index is 1.61. The van der Waals surface area contributed by atoms with Crippen LogP contribution >= 0.6 is 0 Å². The van der Waals surface area contributed by atoms with Gasteiger partial charge in [0.1, 0.15) is 11.5 Å². The number of hydrogen-bond donors (Lipinski definition) is 1. The van der Waals surface area contributed by atoms with Gasteiger partial charge in [-0.15, -0.1) is 0 Å². The van der Waals surface area contributed by atoms with E-state index in [1.54, 1.807) is 24.3 Å². The predicted molar refractivity (Wildman–Crippen MR) is 130 cm³/mol. The van der Waals surface area contributed by atoms with Crippen molar-refractivity contribution in [2.45, 2.75) is 52.1 Å². The van der Waals surface area contributed by atoms with Gasteiger partial charge < -0.3 is 19.3 Å². The first-order valence-electron chi connectivity index (χ1n) is 11.5. The summed E-state index contributed by atoms with van der Waals surface area (Å²) in [6, 6.07) is 18.7. The van der Waals surface area contributed by atoms with Crippen LogP contribution in [-0.4, -0.2) is 23.8 Å². The minimum atomic E-state index is -3.01. The van der Waals surface area contributed by atoms with Crippen molar-refractivity contribution < 1.29 is 32.9 Å². The number of alkyl halides is 2. The number of carboxylic acid groups (broad SMARTS) is 1. The summed E-state index contributed by atoms with van der Waals surface area (Å²) in [6.07, 6.45) is 0.846. The third-order valence-electron chi connectivity index (χ3n) is 5.47. The largest absolute Gasteiger partial charge is 0.493 e. The van der Waals surface area contributed by atoms with E-state index < -0.39 is 11.9 Å². The standard InChI is InChI=1S/C28H30F2O5/c1-19-17-24(12-9-21(19)10-14-27(31)32)33-16-15-20(2)34-25-13-11-22(28(3,29)30)18-26(25)35-23-7-5-4-6-8-23/h4-9,11-13,17-18,20H,10,14-16H2,1-3H3,(H,31,32)/t20-/m1/s1. The molecule has 0 unspecified atom stereocenters. The quantitative estimate of drug-likeness (QED) is 0.296. The van der Waals surface area contributed by atoms with Gasteiger partial charge in [0, 0.05) is 25.3 Å². The lowest BCUT2D eigenvalue weighted by atomic mass is 10.0. The van der Waals surface area contributed by atoms with Gasteiger partial charge >= 0.3 is 5.97 Å². The van der Waals surface area contributed by atoms with Crippen molar-refractivity contribution >= 4 is 5.97 Å². The van der Waals surface area contributed by atoms with Crippen molar-refractivity contribution in [3.05, 3.63) is 83.4 Å². The molecule has 0 saturated heterocycles. The fourth-order valence-electron chi connectivity index (χ4n) is 3.47. The molecule has 0 fully saturated rings. The number of benzene rings is 3. The molecule has 0 spiro atoms. The average molecular weight is 485 g/mol. The van der Waals surface area contributed by atoms with Gasteiger partial charge in [-0.2, -0.15) is 0 Å². The molecule has 0 aliphatic rings. The Hall–Kier alpha value is -3.61. The zero-order valence-electron chi connectivity index (χ0n) is 20.1. The average Bonchev–Trinajstić information content (AvgIpc) is 2.79. The topological polar surface area (TPSA) is 65.0 Å². The molecule has 186 valence electrons. The normalized spacial score (nSPS) is 12.1. The summed E-state index contributed by atoms with van der Waals surface area (Å²) in [7, 11) is 0. The monoisotopic (exact) mass is 484 g/mol. The lowest BCUT2D eigenvalue weighted by Gasteiger charge is -2.20. The highest BCUT2D eigenvalue weighted by Gasteiger charge is 2.26. The van der Waals surface area contributed by atoms with E-state index in [1.807, 2.05) is 38.1 Å². The number of para-hydroxylation sites is 1. The Kier molecular flexibility index (Phi) is 8.68. The smallest absolute Gasteiger partial charge is 0.303 e. The van der Waals surface area contributed by atoms with Crippen LogP contribution in [0.15, 0.2) is 66.7 Å². The molecule has 0 saturated carbocycles. The summed E-state index contributed by atoms with van der Waals surface area (Å²) in [4.78, 5) is 10.8. The molecule has 0 aliphatic heterocycles. The number of aryl methyl sites for hydroxylation is 2. The predicted octanol–water partition coefficient (Wildman–Crippen LogP) is 7.15. The third kappa shape index (κ3) is 7.98. The van der Waals surface area contributed by atoms with Gasteiger partial charge in [0.2, 0.25) is 0 Å². The maximum absolute atomic E-state index is 13.9. The third-order valence-corrected chi connectivity index (χ3v) is 5.47. The van der Waals surface area contributed by atoms with Gasteiger partial charge in [-0.05, 0) is 73.9 Å². The molecule has 0 heterocycles. The van der Waals surface area contributed by atoms with E-state index in [4.69, 9.17) is 19.3 Å². The van der Waals surface area contributed by atoms with Crippen molar-refractivity contribution in [1.82, 2.24) is 0 Å². The summed E-state index contributed by atoms with van der Waals surface area (Å²) in [5, 5.41) is 8.86. The Labute approximate surface area is 204 Å². The van der Waals surface area contributed by atoms with Gasteiger partial charge in [-0.25, -0.2) is 8.78 Å². The molecule has 5 nitrogen and oxygen atoms in total. The summed E-state index contributed by atoms with van der Waals surface area (Å²) in [5.41, 5.74) is 1.79. The van der Waals surface area contributed by atoms with Gasteiger partial charge in [0.25, 0.3) is 5.92 Å². The molecule has 3 rings (SSSR count). The number of carbonyl (C=O) groups is 1. The molecule has 0 aliphatic carbocycles. The molecule has 0 amide bonds. The van der Waals surface area contributed by atoms with Gasteiger partial charge in [-0.1, -0.05) is 24.3 Å². The van der Waals surface area contributed by atoms with Crippen LogP contribution in [0.2, 0.25) is 0 Å². The van der Waals surface area contributed by atoms with E-state index in [2.05, 4.69) is 0 Å². The van der Waals surface area contributed by atoms with Crippen LogP contribution in [0.5, 0.6) is 23.0 Å². The SMILES string of the molecule is Cc1cc(OCC[C@@H](C)Oc2ccc(C(C)(F)F)cc2Oc2ccccc2)ccc1CCC(=O)O. The van der Waals surface area contributed by atoms with Crippen molar-refractivity contribution in [3.63, 3.8) is 0 Å². The Morgan fingerprint density at radius 2 is 1.74 bits per heavy atom. The number of carboxylic acids is 1. The van der Waals surface area contributed by atoms with E-state index in [0.717, 1.165) is 18.1 Å². The highest BCUT2D eigenvalue weighted by Crippen LogP contribution is 2.38. The van der Waals surface area contributed by atoms with E-state index in [-0.39, 0.29) is 23.8 Å². The molecule has 3 aromatic carbocycles. The molecule has 0 bridgehead atoms. The first kappa shape index (κ1) is 26.0. The van der Waals surface area contributed by atoms with Gasteiger partial charge in [-0.3, -0.25) is 4.79 Å². The molecule has 35 heavy (non-hydrogen) atoms. The highest BCUT2D eigenvalue weighted by atomic mass is 19.3. The summed E-state index contributed by atoms with van der Waals surface area (Å²) in [6.45, 7) is 5.02. The zero-order valence-corrected chi connectivity index (χ0v) is 20.1. The van der Waals surface area contributed by atoms with E-state index >= 15 is 0 Å². The number of halogens is 2. The second-order valence-electron chi connectivity index (χ2n) is 8.51. The van der Waals surface area contributed by atoms with E-state index in [9.17, 15) is 13.6 Å². The molecule has 0 aromatic heterocycles. The Bertz CT molecular complexity index is 1130. The lowest BCUT2D eigenvalue weighted by Crippen LogP contribution is -2.16. The first-order valence-corrected chi connectivity index (χ1v) is 11.5. The number of rotatable bonds is 12. The minimum Gasteiger partial charge on any atom is -0.493 e. The van der Waals surface area contributed by atoms with Crippen LogP contribution in [0.3, 0.4) is 0 Å². The summed E-state index contributed by atoms with van der Waals surface area (Å²) >= 11 is 0.